The molecule has 3 heterocycles. The van der Waals surface area contributed by atoms with Crippen LogP contribution in [-0.4, -0.2) is 47.7 Å². The number of aromatic nitrogens is 1. The lowest BCUT2D eigenvalue weighted by Gasteiger charge is -2.34. The highest BCUT2D eigenvalue weighted by molar-refractivity contribution is 8.00. The largest absolute Gasteiger partial charge is 0.459 e. The first kappa shape index (κ1) is 21.9. The fourth-order valence-electron chi connectivity index (χ4n) is 3.53. The molecule has 166 valence electrons. The Kier molecular flexibility index (Phi) is 6.46. The molecule has 1 saturated heterocycles. The Morgan fingerprint density at radius 2 is 1.94 bits per heavy atom. The number of carbonyl (C=O) groups is 1. The molecule has 1 atom stereocenters. The molecule has 10 heteroatoms. The molecule has 7 nitrogen and oxygen atoms in total. The van der Waals surface area contributed by atoms with Crippen molar-refractivity contribution in [1.82, 2.24) is 9.88 Å². The first-order chi connectivity index (χ1) is 15.5. The lowest BCUT2D eigenvalue weighted by Crippen LogP contribution is -2.49. The molecule has 3 aromatic rings. The van der Waals surface area contributed by atoms with E-state index >= 15 is 0 Å². The van der Waals surface area contributed by atoms with E-state index in [1.807, 2.05) is 11.0 Å². The van der Waals surface area contributed by atoms with Crippen molar-refractivity contribution >= 4 is 23.6 Å². The number of piperazine rings is 1. The van der Waals surface area contributed by atoms with Gasteiger partial charge in [-0.2, -0.15) is 10.2 Å². The molecule has 1 aromatic carbocycles. The highest BCUT2D eigenvalue weighted by Gasteiger charge is 2.27. The van der Waals surface area contributed by atoms with Gasteiger partial charge in [-0.25, -0.2) is 8.78 Å². The molecule has 1 aliphatic heterocycles. The molecule has 1 amide bonds. The number of rotatable bonds is 6. The van der Waals surface area contributed by atoms with Crippen LogP contribution < -0.4 is 4.90 Å². The second-order valence-electron chi connectivity index (χ2n) is 7.22. The van der Waals surface area contributed by atoms with E-state index in [1.54, 1.807) is 24.0 Å². The summed E-state index contributed by atoms with van der Waals surface area (Å²) in [6, 6.07) is 9.18. The Morgan fingerprint density at radius 3 is 2.56 bits per heavy atom. The van der Waals surface area contributed by atoms with Gasteiger partial charge in [0.25, 0.3) is 5.89 Å². The van der Waals surface area contributed by atoms with Crippen molar-refractivity contribution in [1.29, 1.82) is 5.26 Å². The van der Waals surface area contributed by atoms with Crippen LogP contribution in [0.3, 0.4) is 0 Å². The van der Waals surface area contributed by atoms with E-state index in [1.165, 1.54) is 36.2 Å². The van der Waals surface area contributed by atoms with E-state index < -0.39 is 16.9 Å². The van der Waals surface area contributed by atoms with Gasteiger partial charge in [-0.3, -0.25) is 4.79 Å². The summed E-state index contributed by atoms with van der Waals surface area (Å²) in [7, 11) is 0. The van der Waals surface area contributed by atoms with E-state index in [0.717, 1.165) is 0 Å². The predicted molar refractivity (Wildman–Crippen MR) is 115 cm³/mol. The highest BCUT2D eigenvalue weighted by atomic mass is 32.2. The van der Waals surface area contributed by atoms with Crippen LogP contribution in [0.25, 0.3) is 11.7 Å². The van der Waals surface area contributed by atoms with Crippen LogP contribution >= 0.6 is 11.8 Å². The molecule has 0 aliphatic carbocycles. The number of halogens is 2. The van der Waals surface area contributed by atoms with Crippen LogP contribution in [0, 0.1) is 23.0 Å². The minimum atomic E-state index is -0.611. The summed E-state index contributed by atoms with van der Waals surface area (Å²) in [5.41, 5.74) is 0.143. The number of benzene rings is 1. The third-order valence-corrected chi connectivity index (χ3v) is 6.38. The Bertz CT molecular complexity index is 1110. The smallest absolute Gasteiger partial charge is 0.266 e. The molecular formula is C22H20F2N4O3S. The third kappa shape index (κ3) is 4.48. The molecule has 1 unspecified atom stereocenters. The lowest BCUT2D eigenvalue weighted by molar-refractivity contribution is -0.128. The van der Waals surface area contributed by atoms with Crippen molar-refractivity contribution in [2.75, 3.05) is 36.8 Å². The summed E-state index contributed by atoms with van der Waals surface area (Å²) >= 11 is 1.20. The van der Waals surface area contributed by atoms with Gasteiger partial charge in [-0.05, 0) is 31.2 Å². The standard InChI is InChI=1S/C22H20F2N4O3S/c1-14(20-15(23)4-2-5-16(20)24)32-13-19(29)27-7-9-28(10-8-27)22-17(12-25)26-21(31-22)18-6-3-11-30-18/h2-6,11,14H,7-10,13H2,1H3. The summed E-state index contributed by atoms with van der Waals surface area (Å²) in [6.07, 6.45) is 1.50. The molecule has 0 radical (unpaired) electrons. The molecule has 0 saturated carbocycles. The first-order valence-corrected chi connectivity index (χ1v) is 11.1. The van der Waals surface area contributed by atoms with Crippen LogP contribution in [0.5, 0.6) is 0 Å². The average molecular weight is 458 g/mol. The van der Waals surface area contributed by atoms with Gasteiger partial charge in [0, 0.05) is 37.0 Å². The normalized spacial score (nSPS) is 14.9. The molecule has 4 rings (SSSR count). The number of thioether (sulfide) groups is 1. The minimum absolute atomic E-state index is 0.0168. The van der Waals surface area contributed by atoms with Gasteiger partial charge in [0.1, 0.15) is 17.7 Å². The molecule has 32 heavy (non-hydrogen) atoms. The maximum atomic E-state index is 13.9. The van der Waals surface area contributed by atoms with E-state index in [-0.39, 0.29) is 28.8 Å². The van der Waals surface area contributed by atoms with Gasteiger partial charge in [0.05, 0.1) is 12.0 Å². The van der Waals surface area contributed by atoms with Gasteiger partial charge in [-0.15, -0.1) is 11.8 Å². The topological polar surface area (TPSA) is 86.5 Å². The van der Waals surface area contributed by atoms with Crippen molar-refractivity contribution < 1.29 is 22.4 Å². The fourth-order valence-corrected chi connectivity index (χ4v) is 4.50. The van der Waals surface area contributed by atoms with Crippen molar-refractivity contribution in [2.45, 2.75) is 12.2 Å². The van der Waals surface area contributed by atoms with E-state index in [2.05, 4.69) is 4.98 Å². The highest BCUT2D eigenvalue weighted by Crippen LogP contribution is 2.32. The quantitative estimate of drug-likeness (QED) is 0.546. The molecule has 0 bridgehead atoms. The number of oxazole rings is 1. The van der Waals surface area contributed by atoms with Gasteiger partial charge in [0.15, 0.2) is 5.76 Å². The number of anilines is 1. The predicted octanol–water partition coefficient (Wildman–Crippen LogP) is 4.23. The van der Waals surface area contributed by atoms with Crippen LogP contribution in [0.4, 0.5) is 14.7 Å². The molecule has 0 spiro atoms. The maximum Gasteiger partial charge on any atom is 0.266 e. The van der Waals surface area contributed by atoms with Crippen molar-refractivity contribution in [3.05, 3.63) is 59.5 Å². The van der Waals surface area contributed by atoms with Gasteiger partial charge >= 0.3 is 0 Å². The van der Waals surface area contributed by atoms with Gasteiger partial charge < -0.3 is 18.6 Å². The number of hydrogen-bond acceptors (Lipinski definition) is 7. The van der Waals surface area contributed by atoms with Gasteiger partial charge in [0.2, 0.25) is 17.5 Å². The number of nitrogens with zero attached hydrogens (tertiary/aromatic N) is 4. The molecule has 1 aliphatic rings. The zero-order valence-electron chi connectivity index (χ0n) is 17.3. The Labute approximate surface area is 187 Å². The number of amides is 1. The third-order valence-electron chi connectivity index (χ3n) is 5.23. The van der Waals surface area contributed by atoms with E-state index in [4.69, 9.17) is 8.83 Å². The lowest BCUT2D eigenvalue weighted by atomic mass is 10.1. The summed E-state index contributed by atoms with van der Waals surface area (Å²) < 4.78 is 38.9. The molecule has 1 fully saturated rings. The Hall–Kier alpha value is -3.32. The van der Waals surface area contributed by atoms with Crippen LogP contribution in [-0.2, 0) is 4.79 Å². The first-order valence-electron chi connectivity index (χ1n) is 10.0. The molecule has 0 N–H and O–H groups in total. The summed E-state index contributed by atoms with van der Waals surface area (Å²) in [5.74, 6) is -0.203. The fraction of sp³-hybridized carbons (Fsp3) is 0.318. The van der Waals surface area contributed by atoms with Crippen molar-refractivity contribution in [3.8, 4) is 17.7 Å². The second-order valence-corrected chi connectivity index (χ2v) is 8.55. The average Bonchev–Trinajstić information content (AvgIpc) is 3.47. The van der Waals surface area contributed by atoms with E-state index in [9.17, 15) is 18.8 Å². The second kappa shape index (κ2) is 9.44. The van der Waals surface area contributed by atoms with Crippen molar-refractivity contribution in [3.63, 3.8) is 0 Å². The van der Waals surface area contributed by atoms with E-state index in [0.29, 0.717) is 37.8 Å². The van der Waals surface area contributed by atoms with Crippen LogP contribution in [0.2, 0.25) is 0 Å². The minimum Gasteiger partial charge on any atom is -0.459 e. The van der Waals surface area contributed by atoms with Gasteiger partial charge in [-0.1, -0.05) is 6.07 Å². The van der Waals surface area contributed by atoms with Crippen LogP contribution in [0.1, 0.15) is 23.4 Å². The zero-order valence-corrected chi connectivity index (χ0v) is 18.1. The van der Waals surface area contributed by atoms with Crippen molar-refractivity contribution in [2.24, 2.45) is 0 Å². The monoisotopic (exact) mass is 458 g/mol. The summed E-state index contributed by atoms with van der Waals surface area (Å²) in [6.45, 7) is 3.49. The number of furan rings is 1. The number of carbonyl (C=O) groups excluding carboxylic acids is 1. The SMILES string of the molecule is CC(SCC(=O)N1CCN(c2oc(-c3ccco3)nc2C#N)CC1)c1c(F)cccc1F. The maximum absolute atomic E-state index is 13.9. The Balaban J connectivity index is 1.34. The number of hydrogen-bond donors (Lipinski definition) is 0. The summed E-state index contributed by atoms with van der Waals surface area (Å²) in [5, 5.41) is 8.91. The zero-order chi connectivity index (χ0) is 22.7. The number of nitriles is 1. The summed E-state index contributed by atoms with van der Waals surface area (Å²) in [4.78, 5) is 20.4. The Morgan fingerprint density at radius 1 is 1.22 bits per heavy atom. The van der Waals surface area contributed by atoms with Crippen LogP contribution in [0.15, 0.2) is 45.4 Å². The molecular weight excluding hydrogens is 438 g/mol. The molecule has 2 aromatic heterocycles.